The third-order valence-corrected chi connectivity index (χ3v) is 5.05. The van der Waals surface area contributed by atoms with Crippen molar-refractivity contribution in [3.63, 3.8) is 0 Å². The number of hydrogen-bond donors (Lipinski definition) is 1. The number of carbonyl (C=O) groups is 2. The number of ether oxygens (including phenoxy) is 1. The molecule has 3 rings (SSSR count). The van der Waals surface area contributed by atoms with Gasteiger partial charge in [-0.1, -0.05) is 43.8 Å². The van der Waals surface area contributed by atoms with Crippen LogP contribution in [0.1, 0.15) is 50.2 Å². The number of dihydropyridines is 1. The Balaban J connectivity index is 2.10. The molecular formula is C22H25NO3. The van der Waals surface area contributed by atoms with Gasteiger partial charge in [-0.2, -0.15) is 0 Å². The van der Waals surface area contributed by atoms with Gasteiger partial charge in [-0.3, -0.25) is 4.79 Å². The summed E-state index contributed by atoms with van der Waals surface area (Å²) >= 11 is 0. The van der Waals surface area contributed by atoms with Crippen molar-refractivity contribution < 1.29 is 14.3 Å². The largest absolute Gasteiger partial charge is 0.458 e. The molecule has 1 atom stereocenters. The van der Waals surface area contributed by atoms with Crippen molar-refractivity contribution in [1.82, 2.24) is 5.32 Å². The van der Waals surface area contributed by atoms with Crippen LogP contribution in [0.5, 0.6) is 0 Å². The van der Waals surface area contributed by atoms with Crippen LogP contribution in [0.2, 0.25) is 0 Å². The first-order valence-corrected chi connectivity index (χ1v) is 9.17. The van der Waals surface area contributed by atoms with Crippen molar-refractivity contribution in [2.24, 2.45) is 0 Å². The molecule has 0 fully saturated rings. The standard InChI is InChI=1S/C22H25NO3/c1-4-13-26-22(25)19-14(3)23-17-7-6-8-18(24)21(17)20(19)16-11-9-15(5-2)10-12-16/h4,9-12,20,23H,1,5-8,13H2,2-3H3/t20-/m0/s1. The summed E-state index contributed by atoms with van der Waals surface area (Å²) in [6.45, 7) is 7.73. The molecule has 4 nitrogen and oxygen atoms in total. The molecule has 1 aliphatic carbocycles. The van der Waals surface area contributed by atoms with Gasteiger partial charge in [0.2, 0.25) is 0 Å². The molecule has 0 bridgehead atoms. The normalized spacial score (nSPS) is 19.8. The molecule has 0 amide bonds. The van der Waals surface area contributed by atoms with Crippen LogP contribution in [-0.2, 0) is 20.7 Å². The molecule has 4 heteroatoms. The van der Waals surface area contributed by atoms with Gasteiger partial charge in [0.15, 0.2) is 5.78 Å². The number of Topliss-reactive ketones (excluding diaryl/α,β-unsaturated/α-hetero) is 1. The summed E-state index contributed by atoms with van der Waals surface area (Å²) in [6, 6.07) is 8.17. The van der Waals surface area contributed by atoms with Crippen LogP contribution in [0.25, 0.3) is 0 Å². The van der Waals surface area contributed by atoms with Gasteiger partial charge >= 0.3 is 5.97 Å². The summed E-state index contributed by atoms with van der Waals surface area (Å²) in [5.41, 5.74) is 5.13. The highest BCUT2D eigenvalue weighted by molar-refractivity contribution is 6.03. The molecular weight excluding hydrogens is 326 g/mol. The van der Waals surface area contributed by atoms with E-state index < -0.39 is 5.97 Å². The lowest BCUT2D eigenvalue weighted by Crippen LogP contribution is -2.34. The lowest BCUT2D eigenvalue weighted by atomic mass is 9.75. The maximum absolute atomic E-state index is 12.8. The second kappa shape index (κ2) is 7.73. The molecule has 1 N–H and O–H groups in total. The van der Waals surface area contributed by atoms with Crippen molar-refractivity contribution >= 4 is 11.8 Å². The number of hydrogen-bond acceptors (Lipinski definition) is 4. The van der Waals surface area contributed by atoms with E-state index in [0.29, 0.717) is 12.0 Å². The predicted molar refractivity (Wildman–Crippen MR) is 101 cm³/mol. The van der Waals surface area contributed by atoms with Gasteiger partial charge < -0.3 is 10.1 Å². The van der Waals surface area contributed by atoms with Crippen molar-refractivity contribution in [2.75, 3.05) is 6.61 Å². The fourth-order valence-electron chi connectivity index (χ4n) is 3.75. The maximum atomic E-state index is 12.8. The fourth-order valence-corrected chi connectivity index (χ4v) is 3.75. The van der Waals surface area contributed by atoms with E-state index in [1.165, 1.54) is 5.56 Å². The minimum absolute atomic E-state index is 0.116. The first kappa shape index (κ1) is 18.2. The molecule has 0 saturated heterocycles. The second-order valence-electron chi connectivity index (χ2n) is 6.75. The Labute approximate surface area is 154 Å². The van der Waals surface area contributed by atoms with Crippen LogP contribution in [0.3, 0.4) is 0 Å². The smallest absolute Gasteiger partial charge is 0.337 e. The SMILES string of the molecule is C=CCOC(=O)C1=C(C)NC2=C(C(=O)CCC2)[C@H]1c1ccc(CC)cc1. The number of ketones is 1. The van der Waals surface area contributed by atoms with Crippen LogP contribution in [0, 0.1) is 0 Å². The Morgan fingerprint density at radius 2 is 2.04 bits per heavy atom. The molecule has 136 valence electrons. The summed E-state index contributed by atoms with van der Waals surface area (Å²) < 4.78 is 5.32. The highest BCUT2D eigenvalue weighted by Gasteiger charge is 2.38. The fraction of sp³-hybridized carbons (Fsp3) is 0.364. The summed E-state index contributed by atoms with van der Waals surface area (Å²) in [7, 11) is 0. The monoisotopic (exact) mass is 351 g/mol. The van der Waals surface area contributed by atoms with E-state index in [1.54, 1.807) is 6.08 Å². The highest BCUT2D eigenvalue weighted by atomic mass is 16.5. The Kier molecular flexibility index (Phi) is 5.40. The Morgan fingerprint density at radius 1 is 1.31 bits per heavy atom. The van der Waals surface area contributed by atoms with Gasteiger partial charge in [-0.25, -0.2) is 4.79 Å². The molecule has 0 saturated carbocycles. The lowest BCUT2D eigenvalue weighted by molar-refractivity contribution is -0.138. The van der Waals surface area contributed by atoms with Gasteiger partial charge in [0.1, 0.15) is 6.61 Å². The van der Waals surface area contributed by atoms with E-state index in [1.807, 2.05) is 19.1 Å². The zero-order valence-corrected chi connectivity index (χ0v) is 15.4. The van der Waals surface area contributed by atoms with Crippen LogP contribution in [0.15, 0.2) is 59.5 Å². The Morgan fingerprint density at radius 3 is 2.69 bits per heavy atom. The molecule has 2 aliphatic rings. The predicted octanol–water partition coefficient (Wildman–Crippen LogP) is 3.95. The van der Waals surface area contributed by atoms with Gasteiger partial charge in [0.05, 0.1) is 5.57 Å². The number of esters is 1. The summed E-state index contributed by atoms with van der Waals surface area (Å²) in [5, 5.41) is 3.29. The molecule has 0 aromatic heterocycles. The summed E-state index contributed by atoms with van der Waals surface area (Å²) in [4.78, 5) is 25.5. The first-order chi connectivity index (χ1) is 12.6. The van der Waals surface area contributed by atoms with Crippen molar-refractivity contribution in [3.05, 3.63) is 70.6 Å². The molecule has 0 unspecified atom stereocenters. The van der Waals surface area contributed by atoms with Crippen molar-refractivity contribution in [3.8, 4) is 0 Å². The molecule has 26 heavy (non-hydrogen) atoms. The summed E-state index contributed by atoms with van der Waals surface area (Å²) in [5.74, 6) is -0.656. The van der Waals surface area contributed by atoms with Crippen LogP contribution < -0.4 is 5.32 Å². The number of aryl methyl sites for hydroxylation is 1. The Hall–Kier alpha value is -2.62. The number of rotatable bonds is 5. The van der Waals surface area contributed by atoms with Crippen LogP contribution in [-0.4, -0.2) is 18.4 Å². The average molecular weight is 351 g/mol. The van der Waals surface area contributed by atoms with E-state index in [0.717, 1.165) is 41.8 Å². The molecule has 1 heterocycles. The zero-order chi connectivity index (χ0) is 18.7. The molecule has 1 aromatic carbocycles. The van der Waals surface area contributed by atoms with Gasteiger partial charge in [-0.05, 0) is 37.3 Å². The van der Waals surface area contributed by atoms with E-state index >= 15 is 0 Å². The number of allylic oxidation sites excluding steroid dienone is 3. The van der Waals surface area contributed by atoms with Crippen LogP contribution >= 0.6 is 0 Å². The zero-order valence-electron chi connectivity index (χ0n) is 15.4. The van der Waals surface area contributed by atoms with E-state index in [9.17, 15) is 9.59 Å². The molecule has 1 aliphatic heterocycles. The second-order valence-corrected chi connectivity index (χ2v) is 6.75. The quantitative estimate of drug-likeness (QED) is 0.645. The van der Waals surface area contributed by atoms with E-state index in [2.05, 4.69) is 31.0 Å². The lowest BCUT2D eigenvalue weighted by Gasteiger charge is -2.34. The average Bonchev–Trinajstić information content (AvgIpc) is 2.65. The van der Waals surface area contributed by atoms with Crippen molar-refractivity contribution in [2.45, 2.75) is 45.4 Å². The maximum Gasteiger partial charge on any atom is 0.337 e. The number of benzene rings is 1. The minimum atomic E-state index is -0.399. The first-order valence-electron chi connectivity index (χ1n) is 9.17. The molecule has 1 aromatic rings. The van der Waals surface area contributed by atoms with Gasteiger partial charge in [0.25, 0.3) is 0 Å². The van der Waals surface area contributed by atoms with E-state index in [4.69, 9.17) is 4.74 Å². The highest BCUT2D eigenvalue weighted by Crippen LogP contribution is 2.42. The topological polar surface area (TPSA) is 55.4 Å². The van der Waals surface area contributed by atoms with Crippen LogP contribution in [0.4, 0.5) is 0 Å². The third kappa shape index (κ3) is 3.36. The number of carbonyl (C=O) groups excluding carboxylic acids is 2. The van der Waals surface area contributed by atoms with Crippen molar-refractivity contribution in [1.29, 1.82) is 0 Å². The Bertz CT molecular complexity index is 799. The minimum Gasteiger partial charge on any atom is -0.458 e. The molecule has 0 spiro atoms. The number of nitrogens with one attached hydrogen (secondary N) is 1. The summed E-state index contributed by atoms with van der Waals surface area (Å²) in [6.07, 6.45) is 4.69. The van der Waals surface area contributed by atoms with Gasteiger partial charge in [0, 0.05) is 29.3 Å². The van der Waals surface area contributed by atoms with Gasteiger partial charge in [-0.15, -0.1) is 0 Å². The third-order valence-electron chi connectivity index (χ3n) is 5.05. The molecule has 0 radical (unpaired) electrons. The van der Waals surface area contributed by atoms with E-state index in [-0.39, 0.29) is 18.3 Å².